The van der Waals surface area contributed by atoms with E-state index in [2.05, 4.69) is 10.3 Å². The molecule has 2 aliphatic heterocycles. The molecule has 2 heterocycles. The smallest absolute Gasteiger partial charge is 0.415 e. The fourth-order valence-corrected chi connectivity index (χ4v) is 4.87. The number of non-ortho nitro benzene ring substituents is 1. The molecule has 0 radical (unpaired) electrons. The van der Waals surface area contributed by atoms with Crippen LogP contribution in [0.15, 0.2) is 17.1 Å². The molecule has 0 aromatic heterocycles. The maximum atomic E-state index is 15.2. The highest BCUT2D eigenvalue weighted by Crippen LogP contribution is 2.52. The number of aliphatic imine (C=N–C) groups is 1. The second-order valence-electron chi connectivity index (χ2n) is 8.54. The van der Waals surface area contributed by atoms with Crippen molar-refractivity contribution < 1.29 is 36.8 Å². The van der Waals surface area contributed by atoms with Crippen molar-refractivity contribution in [1.82, 2.24) is 5.32 Å². The molecule has 13 heteroatoms. The first-order valence-corrected chi connectivity index (χ1v) is 10.5. The summed E-state index contributed by atoms with van der Waals surface area (Å²) in [5, 5.41) is 13.6. The Morgan fingerprint density at radius 3 is 2.59 bits per heavy atom. The SMILES string of the molecule is Cc1cc([N+](=O)[O-])cc([C@]23CO[C@H](C(F)(F)F)[C@H]2CSC(NC(=O)OC(C)(C)C)=N3)c1F. The van der Waals surface area contributed by atoms with Crippen LogP contribution in [0.25, 0.3) is 0 Å². The molecule has 1 aromatic carbocycles. The Balaban J connectivity index is 2.12. The molecular weight excluding hydrogens is 458 g/mol. The van der Waals surface area contributed by atoms with Gasteiger partial charge in [-0.3, -0.25) is 15.4 Å². The molecular formula is C19H21F4N3O5S. The minimum atomic E-state index is -4.76. The van der Waals surface area contributed by atoms with Crippen LogP contribution in [0.1, 0.15) is 31.9 Å². The molecule has 1 amide bonds. The van der Waals surface area contributed by atoms with Gasteiger partial charge in [-0.15, -0.1) is 0 Å². The number of nitro benzene ring substituents is 1. The van der Waals surface area contributed by atoms with Crippen molar-refractivity contribution in [3.63, 3.8) is 0 Å². The van der Waals surface area contributed by atoms with E-state index in [9.17, 15) is 28.1 Å². The number of fused-ring (bicyclic) bond motifs is 1. The number of hydrogen-bond acceptors (Lipinski definition) is 7. The highest BCUT2D eigenvalue weighted by Gasteiger charge is 2.62. The second kappa shape index (κ2) is 8.18. The molecule has 0 aliphatic carbocycles. The molecule has 32 heavy (non-hydrogen) atoms. The number of amides is 1. The lowest BCUT2D eigenvalue weighted by Gasteiger charge is -2.37. The number of alkyl carbamates (subject to hydrolysis) is 1. The number of aryl methyl sites for hydroxylation is 1. The number of amidine groups is 1. The Bertz CT molecular complexity index is 979. The first kappa shape index (κ1) is 24.2. The number of benzene rings is 1. The van der Waals surface area contributed by atoms with E-state index in [1.165, 1.54) is 6.92 Å². The molecule has 176 valence electrons. The van der Waals surface area contributed by atoms with Crippen molar-refractivity contribution in [1.29, 1.82) is 0 Å². The van der Waals surface area contributed by atoms with Crippen LogP contribution >= 0.6 is 11.8 Å². The van der Waals surface area contributed by atoms with Gasteiger partial charge in [-0.2, -0.15) is 13.2 Å². The molecule has 0 saturated carbocycles. The number of nitrogens with one attached hydrogen (secondary N) is 1. The maximum absolute atomic E-state index is 15.2. The van der Waals surface area contributed by atoms with Crippen LogP contribution in [-0.2, 0) is 15.0 Å². The number of alkyl halides is 3. The Morgan fingerprint density at radius 1 is 1.38 bits per heavy atom. The van der Waals surface area contributed by atoms with Crippen molar-refractivity contribution in [2.75, 3.05) is 12.4 Å². The van der Waals surface area contributed by atoms with E-state index in [0.717, 1.165) is 23.9 Å². The van der Waals surface area contributed by atoms with Gasteiger partial charge in [-0.05, 0) is 33.3 Å². The first-order chi connectivity index (χ1) is 14.6. The number of rotatable bonds is 2. The number of hydrogen-bond donors (Lipinski definition) is 1. The largest absolute Gasteiger partial charge is 0.444 e. The topological polar surface area (TPSA) is 103 Å². The van der Waals surface area contributed by atoms with Crippen molar-refractivity contribution in [3.05, 3.63) is 39.2 Å². The van der Waals surface area contributed by atoms with E-state index in [0.29, 0.717) is 0 Å². The first-order valence-electron chi connectivity index (χ1n) is 9.50. The number of nitrogens with zero attached hydrogens (tertiary/aromatic N) is 2. The van der Waals surface area contributed by atoms with Crippen molar-refractivity contribution >= 4 is 28.7 Å². The Labute approximate surface area is 184 Å². The molecule has 2 aliphatic rings. The van der Waals surface area contributed by atoms with Crippen LogP contribution in [0, 0.1) is 28.8 Å². The lowest BCUT2D eigenvalue weighted by Crippen LogP contribution is -2.47. The number of ether oxygens (including phenoxy) is 2. The van der Waals surface area contributed by atoms with Gasteiger partial charge in [0.2, 0.25) is 0 Å². The van der Waals surface area contributed by atoms with Gasteiger partial charge in [0, 0.05) is 29.4 Å². The Kier molecular flexibility index (Phi) is 6.19. The third kappa shape index (κ3) is 4.68. The molecule has 8 nitrogen and oxygen atoms in total. The highest BCUT2D eigenvalue weighted by atomic mass is 32.2. The minimum absolute atomic E-state index is 0.0921. The lowest BCUT2D eigenvalue weighted by molar-refractivity contribution is -0.385. The van der Waals surface area contributed by atoms with Crippen LogP contribution in [0.3, 0.4) is 0 Å². The van der Waals surface area contributed by atoms with Gasteiger partial charge in [0.15, 0.2) is 11.3 Å². The summed E-state index contributed by atoms with van der Waals surface area (Å²) in [6, 6.07) is 1.87. The van der Waals surface area contributed by atoms with E-state index >= 15 is 4.39 Å². The second-order valence-corrected chi connectivity index (χ2v) is 9.55. The number of thioether (sulfide) groups is 1. The standard InChI is InChI=1S/C19H21F4N3O5S/c1-9-5-10(26(28)29)6-11(13(9)20)18-8-30-14(19(21,22)23)12(18)7-32-15(25-18)24-16(27)31-17(2,3)4/h5-6,12,14H,7-8H2,1-4H3,(H,24,25,27)/t12-,14+,18-/m1/s1. The number of carbonyl (C=O) groups excluding carboxylic acids is 1. The normalized spacial score (nSPS) is 25.7. The summed E-state index contributed by atoms with van der Waals surface area (Å²) < 4.78 is 66.2. The zero-order chi connectivity index (χ0) is 24.1. The summed E-state index contributed by atoms with van der Waals surface area (Å²) in [4.78, 5) is 27.0. The number of carbonyl (C=O) groups is 1. The van der Waals surface area contributed by atoms with Crippen LogP contribution in [0.2, 0.25) is 0 Å². The lowest BCUT2D eigenvalue weighted by atomic mass is 9.78. The van der Waals surface area contributed by atoms with Crippen molar-refractivity contribution in [3.8, 4) is 0 Å². The molecule has 1 fully saturated rings. The fraction of sp³-hybridized carbons (Fsp3) is 0.579. The zero-order valence-electron chi connectivity index (χ0n) is 17.6. The Hall–Kier alpha value is -2.41. The van der Waals surface area contributed by atoms with E-state index in [1.54, 1.807) is 20.8 Å². The monoisotopic (exact) mass is 479 g/mol. The van der Waals surface area contributed by atoms with Gasteiger partial charge < -0.3 is 9.47 Å². The van der Waals surface area contributed by atoms with Crippen molar-refractivity contribution in [2.24, 2.45) is 10.9 Å². The van der Waals surface area contributed by atoms with Gasteiger partial charge in [0.25, 0.3) is 5.69 Å². The van der Waals surface area contributed by atoms with Gasteiger partial charge in [-0.1, -0.05) is 11.8 Å². The summed E-state index contributed by atoms with van der Waals surface area (Å²) in [5.74, 6) is -2.51. The van der Waals surface area contributed by atoms with E-state index in [-0.39, 0.29) is 22.0 Å². The quantitative estimate of drug-likeness (QED) is 0.382. The predicted octanol–water partition coefficient (Wildman–Crippen LogP) is 4.44. The average molecular weight is 479 g/mol. The van der Waals surface area contributed by atoms with Crippen LogP contribution in [0.5, 0.6) is 0 Å². The number of nitro groups is 1. The van der Waals surface area contributed by atoms with Crippen LogP contribution in [-0.4, -0.2) is 46.4 Å². The molecule has 0 bridgehead atoms. The molecule has 1 aromatic rings. The van der Waals surface area contributed by atoms with E-state index in [4.69, 9.17) is 9.47 Å². The summed E-state index contributed by atoms with van der Waals surface area (Å²) in [6.45, 7) is 5.48. The fourth-order valence-electron chi connectivity index (χ4n) is 3.70. The molecule has 0 spiro atoms. The zero-order valence-corrected chi connectivity index (χ0v) is 18.4. The summed E-state index contributed by atoms with van der Waals surface area (Å²) >= 11 is 0.829. The molecule has 3 atom stereocenters. The van der Waals surface area contributed by atoms with Crippen LogP contribution < -0.4 is 5.32 Å². The highest BCUT2D eigenvalue weighted by molar-refractivity contribution is 8.13. The maximum Gasteiger partial charge on any atom is 0.415 e. The summed E-state index contributed by atoms with van der Waals surface area (Å²) in [7, 11) is 0. The van der Waals surface area contributed by atoms with Crippen LogP contribution in [0.4, 0.5) is 28.0 Å². The molecule has 0 unspecified atom stereocenters. The average Bonchev–Trinajstić information content (AvgIpc) is 3.01. The summed E-state index contributed by atoms with van der Waals surface area (Å²) in [6.07, 6.45) is -7.90. The Morgan fingerprint density at radius 2 is 2.03 bits per heavy atom. The van der Waals surface area contributed by atoms with E-state index in [1.807, 2.05) is 0 Å². The van der Waals surface area contributed by atoms with Crippen molar-refractivity contribution in [2.45, 2.75) is 51.1 Å². The molecule has 1 saturated heterocycles. The predicted molar refractivity (Wildman–Crippen MR) is 108 cm³/mol. The molecule has 1 N–H and O–H groups in total. The van der Waals surface area contributed by atoms with E-state index < -0.39 is 58.5 Å². The van der Waals surface area contributed by atoms with Gasteiger partial charge in [-0.25, -0.2) is 14.2 Å². The molecule has 3 rings (SSSR count). The van der Waals surface area contributed by atoms with Gasteiger partial charge in [0.1, 0.15) is 17.0 Å². The summed E-state index contributed by atoms with van der Waals surface area (Å²) in [5.41, 5.74) is -3.75. The van der Waals surface area contributed by atoms with Gasteiger partial charge in [0.05, 0.1) is 11.5 Å². The third-order valence-electron chi connectivity index (χ3n) is 5.01. The number of halogens is 4. The minimum Gasteiger partial charge on any atom is -0.444 e. The third-order valence-corrected chi connectivity index (χ3v) is 6.00. The van der Waals surface area contributed by atoms with Gasteiger partial charge >= 0.3 is 12.3 Å².